The first-order valence-corrected chi connectivity index (χ1v) is 13.1. The molecule has 0 radical (unpaired) electrons. The number of morpholine rings is 1. The lowest BCUT2D eigenvalue weighted by molar-refractivity contribution is 0.0730. The molecule has 0 amide bonds. The number of pyridine rings is 1. The van der Waals surface area contributed by atoms with Crippen LogP contribution in [0.3, 0.4) is 0 Å². The minimum atomic E-state index is -3.56. The van der Waals surface area contributed by atoms with Gasteiger partial charge < -0.3 is 9.30 Å². The number of nitrogens with zero attached hydrogens (tertiary/aromatic N) is 5. The van der Waals surface area contributed by atoms with E-state index in [9.17, 15) is 8.42 Å². The van der Waals surface area contributed by atoms with Gasteiger partial charge in [-0.2, -0.15) is 4.31 Å². The summed E-state index contributed by atoms with van der Waals surface area (Å²) in [5.74, 6) is 1.56. The number of imidazole rings is 2. The minimum Gasteiger partial charge on any atom is -0.379 e. The maximum atomic E-state index is 13.1. The second kappa shape index (κ2) is 8.86. The van der Waals surface area contributed by atoms with Crippen molar-refractivity contribution in [2.75, 3.05) is 26.3 Å². The molecule has 0 saturated carbocycles. The highest BCUT2D eigenvalue weighted by molar-refractivity contribution is 7.98. The van der Waals surface area contributed by atoms with Gasteiger partial charge in [-0.25, -0.2) is 18.4 Å². The summed E-state index contributed by atoms with van der Waals surface area (Å²) >= 11 is 1.63. The van der Waals surface area contributed by atoms with Crippen LogP contribution in [0.5, 0.6) is 0 Å². The van der Waals surface area contributed by atoms with Gasteiger partial charge in [-0.3, -0.25) is 4.40 Å². The average Bonchev–Trinajstić information content (AvgIpc) is 3.39. The molecule has 10 heteroatoms. The zero-order chi connectivity index (χ0) is 22.1. The first-order valence-electron chi connectivity index (χ1n) is 10.7. The molecular weight excluding hydrogens is 446 g/mol. The predicted octanol–water partition coefficient (Wildman–Crippen LogP) is 3.41. The Balaban J connectivity index is 1.46. The molecule has 1 aromatic carbocycles. The molecule has 32 heavy (non-hydrogen) atoms. The Morgan fingerprint density at radius 3 is 2.81 bits per heavy atom. The molecule has 1 fully saturated rings. The van der Waals surface area contributed by atoms with Crippen molar-refractivity contribution in [1.29, 1.82) is 0 Å². The van der Waals surface area contributed by atoms with Crippen molar-refractivity contribution in [2.24, 2.45) is 0 Å². The molecule has 0 aliphatic carbocycles. The highest BCUT2D eigenvalue weighted by atomic mass is 32.2. The van der Waals surface area contributed by atoms with Crippen LogP contribution in [-0.2, 0) is 27.1 Å². The molecule has 4 heterocycles. The fraction of sp³-hybridized carbons (Fsp3) is 0.364. The Kier molecular flexibility index (Phi) is 5.93. The van der Waals surface area contributed by atoms with Gasteiger partial charge in [0.2, 0.25) is 10.0 Å². The molecule has 0 bridgehead atoms. The lowest BCUT2D eigenvalue weighted by Crippen LogP contribution is -2.40. The standard InChI is InChI=1S/C22H25N5O3S2/c1-2-8-27-20-7-6-18(32(28,29)25-10-12-30-13-11-25)14-19(20)24-21(27)16-31-22-23-15-17-5-3-4-9-26(17)22/h3-7,9,14-15H,2,8,10-13,16H2,1H3. The van der Waals surface area contributed by atoms with Crippen LogP contribution in [0.4, 0.5) is 0 Å². The molecule has 0 N–H and O–H groups in total. The number of rotatable bonds is 7. The molecule has 0 spiro atoms. The molecule has 8 nitrogen and oxygen atoms in total. The van der Waals surface area contributed by atoms with E-state index in [0.29, 0.717) is 37.6 Å². The first kappa shape index (κ1) is 21.4. The van der Waals surface area contributed by atoms with Crippen molar-refractivity contribution in [3.63, 3.8) is 0 Å². The van der Waals surface area contributed by atoms with Crippen LogP contribution in [-0.4, -0.2) is 58.0 Å². The maximum absolute atomic E-state index is 13.1. The number of aromatic nitrogens is 4. The van der Waals surface area contributed by atoms with Gasteiger partial charge in [0, 0.05) is 25.8 Å². The van der Waals surface area contributed by atoms with E-state index >= 15 is 0 Å². The number of fused-ring (bicyclic) bond motifs is 2. The van der Waals surface area contributed by atoms with Crippen LogP contribution >= 0.6 is 11.8 Å². The smallest absolute Gasteiger partial charge is 0.243 e. The summed E-state index contributed by atoms with van der Waals surface area (Å²) in [6.07, 6.45) is 4.83. The molecule has 168 valence electrons. The van der Waals surface area contributed by atoms with Gasteiger partial charge in [0.1, 0.15) is 5.82 Å². The van der Waals surface area contributed by atoms with E-state index in [1.807, 2.05) is 36.7 Å². The van der Waals surface area contributed by atoms with Crippen LogP contribution in [0.1, 0.15) is 19.2 Å². The molecule has 0 atom stereocenters. The lowest BCUT2D eigenvalue weighted by Gasteiger charge is -2.26. The Morgan fingerprint density at radius 2 is 2.00 bits per heavy atom. The zero-order valence-corrected chi connectivity index (χ0v) is 19.5. The van der Waals surface area contributed by atoms with Crippen LogP contribution in [0.15, 0.2) is 58.8 Å². The van der Waals surface area contributed by atoms with Crippen LogP contribution < -0.4 is 0 Å². The summed E-state index contributed by atoms with van der Waals surface area (Å²) in [6, 6.07) is 11.3. The third kappa shape index (κ3) is 3.92. The number of hydrogen-bond donors (Lipinski definition) is 0. The van der Waals surface area contributed by atoms with Crippen molar-refractivity contribution in [1.82, 2.24) is 23.2 Å². The number of sulfonamides is 1. The zero-order valence-electron chi connectivity index (χ0n) is 17.8. The SMILES string of the molecule is CCCn1c(CSc2ncc3ccccn23)nc2cc(S(=O)(=O)N3CCOCC3)ccc21. The number of ether oxygens (including phenoxy) is 1. The molecule has 1 saturated heterocycles. The van der Waals surface area contributed by atoms with Crippen molar-refractivity contribution in [3.8, 4) is 0 Å². The highest BCUT2D eigenvalue weighted by Gasteiger charge is 2.27. The molecule has 4 aromatic rings. The quantitative estimate of drug-likeness (QED) is 0.384. The molecular formula is C22H25N5O3S2. The summed E-state index contributed by atoms with van der Waals surface area (Å²) in [4.78, 5) is 9.64. The fourth-order valence-corrected chi connectivity index (χ4v) is 6.33. The second-order valence-corrected chi connectivity index (χ2v) is 10.6. The van der Waals surface area contributed by atoms with E-state index in [1.165, 1.54) is 4.31 Å². The van der Waals surface area contributed by atoms with Crippen LogP contribution in [0, 0.1) is 0 Å². The van der Waals surface area contributed by atoms with Crippen molar-refractivity contribution in [3.05, 3.63) is 54.6 Å². The van der Waals surface area contributed by atoms with Crippen LogP contribution in [0.25, 0.3) is 16.6 Å². The monoisotopic (exact) mass is 471 g/mol. The van der Waals surface area contributed by atoms with Gasteiger partial charge in [0.25, 0.3) is 0 Å². The van der Waals surface area contributed by atoms with Gasteiger partial charge in [-0.15, -0.1) is 0 Å². The second-order valence-electron chi connectivity index (χ2n) is 7.67. The van der Waals surface area contributed by atoms with Crippen molar-refractivity contribution < 1.29 is 13.2 Å². The van der Waals surface area contributed by atoms with Gasteiger partial charge in [0.15, 0.2) is 5.16 Å². The van der Waals surface area contributed by atoms with E-state index in [-0.39, 0.29) is 4.90 Å². The van der Waals surface area contributed by atoms with E-state index < -0.39 is 10.0 Å². The Labute approximate surface area is 191 Å². The summed E-state index contributed by atoms with van der Waals surface area (Å²) in [5.41, 5.74) is 2.71. The topological polar surface area (TPSA) is 81.7 Å². The first-order chi connectivity index (χ1) is 15.6. The van der Waals surface area contributed by atoms with Crippen molar-refractivity contribution in [2.45, 2.75) is 35.7 Å². The third-order valence-corrected chi connectivity index (χ3v) is 8.45. The average molecular weight is 472 g/mol. The van der Waals surface area contributed by atoms with Crippen molar-refractivity contribution >= 4 is 38.3 Å². The summed E-state index contributed by atoms with van der Waals surface area (Å²) in [7, 11) is -3.56. The largest absolute Gasteiger partial charge is 0.379 e. The van der Waals surface area contributed by atoms with Crippen LogP contribution in [0.2, 0.25) is 0 Å². The van der Waals surface area contributed by atoms with E-state index in [1.54, 1.807) is 23.9 Å². The normalized spacial score (nSPS) is 15.7. The van der Waals surface area contributed by atoms with Gasteiger partial charge >= 0.3 is 0 Å². The lowest BCUT2D eigenvalue weighted by atomic mass is 10.3. The maximum Gasteiger partial charge on any atom is 0.243 e. The summed E-state index contributed by atoms with van der Waals surface area (Å²) < 4.78 is 37.2. The number of thioether (sulfide) groups is 1. The van der Waals surface area contributed by atoms with Gasteiger partial charge in [-0.1, -0.05) is 24.8 Å². The summed E-state index contributed by atoms with van der Waals surface area (Å²) in [5, 5.41) is 0.909. The Morgan fingerprint density at radius 1 is 1.16 bits per heavy atom. The molecule has 1 aliphatic rings. The molecule has 3 aromatic heterocycles. The number of benzene rings is 1. The number of aryl methyl sites for hydroxylation is 1. The molecule has 1 aliphatic heterocycles. The Bertz CT molecular complexity index is 1360. The van der Waals surface area contributed by atoms with E-state index in [4.69, 9.17) is 9.72 Å². The van der Waals surface area contributed by atoms with Gasteiger partial charge in [-0.05, 0) is 36.8 Å². The molecule has 0 unspecified atom stereocenters. The van der Waals surface area contributed by atoms with E-state index in [0.717, 1.165) is 35.0 Å². The van der Waals surface area contributed by atoms with Gasteiger partial charge in [0.05, 0.1) is 46.6 Å². The number of hydrogen-bond acceptors (Lipinski definition) is 6. The predicted molar refractivity (Wildman–Crippen MR) is 124 cm³/mol. The molecule has 5 rings (SSSR count). The Hall–Kier alpha value is -2.40. The fourth-order valence-electron chi connectivity index (χ4n) is 3.99. The highest BCUT2D eigenvalue weighted by Crippen LogP contribution is 2.28. The van der Waals surface area contributed by atoms with E-state index in [2.05, 4.69) is 20.9 Å². The minimum absolute atomic E-state index is 0.284. The third-order valence-electron chi connectivity index (χ3n) is 5.59. The summed E-state index contributed by atoms with van der Waals surface area (Å²) in [6.45, 7) is 4.56.